The van der Waals surface area contributed by atoms with E-state index >= 15 is 0 Å². The van der Waals surface area contributed by atoms with Crippen LogP contribution in [0.25, 0.3) is 0 Å². The van der Waals surface area contributed by atoms with E-state index in [0.717, 1.165) is 20.6 Å². The Balaban J connectivity index is 2.08. The first-order valence-electron chi connectivity index (χ1n) is 4.88. The van der Waals surface area contributed by atoms with Crippen LogP contribution in [-0.2, 0) is 6.54 Å². The fourth-order valence-corrected chi connectivity index (χ4v) is 2.06. The van der Waals surface area contributed by atoms with E-state index in [-0.39, 0.29) is 5.82 Å². The highest BCUT2D eigenvalue weighted by atomic mass is 127. The lowest BCUT2D eigenvalue weighted by Gasteiger charge is -2.07. The highest BCUT2D eigenvalue weighted by Gasteiger charge is 2.04. The Morgan fingerprint density at radius 1 is 1.38 bits per heavy atom. The monoisotopic (exact) mass is 331 g/mol. The van der Waals surface area contributed by atoms with Gasteiger partial charge in [-0.15, -0.1) is 0 Å². The van der Waals surface area contributed by atoms with Crippen molar-refractivity contribution in [2.24, 2.45) is 0 Å². The maximum absolute atomic E-state index is 12.9. The molecule has 0 radical (unpaired) electrons. The van der Waals surface area contributed by atoms with Gasteiger partial charge in [0, 0.05) is 9.26 Å². The lowest BCUT2D eigenvalue weighted by Crippen LogP contribution is -2.01. The van der Waals surface area contributed by atoms with Crippen LogP contribution in [0, 0.1) is 16.3 Å². The third kappa shape index (κ3) is 2.55. The van der Waals surface area contributed by atoms with E-state index in [1.807, 2.05) is 13.0 Å². The molecule has 0 saturated heterocycles. The van der Waals surface area contributed by atoms with Gasteiger partial charge in [0.25, 0.3) is 0 Å². The van der Waals surface area contributed by atoms with Gasteiger partial charge < -0.3 is 9.73 Å². The first kappa shape index (κ1) is 11.4. The molecule has 0 fully saturated rings. The number of nitrogens with one attached hydrogen (secondary N) is 1. The molecule has 0 saturated carbocycles. The molecule has 2 nitrogen and oxygen atoms in total. The van der Waals surface area contributed by atoms with Crippen molar-refractivity contribution in [3.05, 3.63) is 51.2 Å². The molecule has 16 heavy (non-hydrogen) atoms. The summed E-state index contributed by atoms with van der Waals surface area (Å²) >= 11 is 2.10. The zero-order valence-corrected chi connectivity index (χ0v) is 10.9. The fraction of sp³-hybridized carbons (Fsp3) is 0.167. The molecule has 0 spiro atoms. The van der Waals surface area contributed by atoms with Gasteiger partial charge in [0.1, 0.15) is 11.6 Å². The minimum atomic E-state index is -0.218. The van der Waals surface area contributed by atoms with Gasteiger partial charge in [0.05, 0.1) is 12.8 Å². The fourth-order valence-electron chi connectivity index (χ4n) is 1.39. The molecule has 0 aliphatic carbocycles. The maximum Gasteiger partial charge on any atom is 0.125 e. The number of hydrogen-bond acceptors (Lipinski definition) is 2. The summed E-state index contributed by atoms with van der Waals surface area (Å²) in [6, 6.07) is 6.60. The minimum Gasteiger partial charge on any atom is -0.467 e. The highest BCUT2D eigenvalue weighted by Crippen LogP contribution is 2.20. The summed E-state index contributed by atoms with van der Waals surface area (Å²) in [5.41, 5.74) is 2.03. The second-order valence-corrected chi connectivity index (χ2v) is 4.67. The normalized spacial score (nSPS) is 10.4. The number of benzene rings is 1. The van der Waals surface area contributed by atoms with Gasteiger partial charge in [0.2, 0.25) is 0 Å². The van der Waals surface area contributed by atoms with Crippen LogP contribution in [0.15, 0.2) is 34.9 Å². The van der Waals surface area contributed by atoms with E-state index in [1.54, 1.807) is 12.3 Å². The number of halogens is 2. The molecule has 0 unspecified atom stereocenters. The van der Waals surface area contributed by atoms with Crippen LogP contribution in [0.4, 0.5) is 10.1 Å². The predicted octanol–water partition coefficient (Wildman–Crippen LogP) is 3.94. The summed E-state index contributed by atoms with van der Waals surface area (Å²) < 4.78 is 19.0. The average molecular weight is 331 g/mol. The average Bonchev–Trinajstić information content (AvgIpc) is 2.63. The van der Waals surface area contributed by atoms with Crippen molar-refractivity contribution < 1.29 is 8.81 Å². The van der Waals surface area contributed by atoms with Crippen LogP contribution in [0.1, 0.15) is 11.3 Å². The molecule has 0 aliphatic rings. The molecule has 1 heterocycles. The summed E-state index contributed by atoms with van der Waals surface area (Å²) in [5.74, 6) is 0.684. The van der Waals surface area contributed by atoms with Gasteiger partial charge >= 0.3 is 0 Å². The Bertz CT molecular complexity index is 496. The van der Waals surface area contributed by atoms with Crippen molar-refractivity contribution in [1.29, 1.82) is 0 Å². The van der Waals surface area contributed by atoms with Gasteiger partial charge in [-0.1, -0.05) is 0 Å². The van der Waals surface area contributed by atoms with Gasteiger partial charge in [-0.25, -0.2) is 4.39 Å². The molecular weight excluding hydrogens is 320 g/mol. The number of aryl methyl sites for hydroxylation is 1. The Labute approximate surface area is 107 Å². The molecule has 1 aromatic heterocycles. The molecule has 0 atom stereocenters. The van der Waals surface area contributed by atoms with Crippen molar-refractivity contribution in [3.63, 3.8) is 0 Å². The van der Waals surface area contributed by atoms with Crippen molar-refractivity contribution in [2.45, 2.75) is 13.5 Å². The molecule has 0 aliphatic heterocycles. The quantitative estimate of drug-likeness (QED) is 0.862. The minimum absolute atomic E-state index is 0.218. The summed E-state index contributed by atoms with van der Waals surface area (Å²) in [7, 11) is 0. The van der Waals surface area contributed by atoms with E-state index in [9.17, 15) is 4.39 Å². The van der Waals surface area contributed by atoms with Gasteiger partial charge in [-0.05, 0) is 59.3 Å². The third-order valence-electron chi connectivity index (χ3n) is 2.34. The predicted molar refractivity (Wildman–Crippen MR) is 69.9 cm³/mol. The Morgan fingerprint density at radius 2 is 2.19 bits per heavy atom. The molecule has 4 heteroatoms. The molecule has 2 rings (SSSR count). The zero-order chi connectivity index (χ0) is 11.5. The van der Waals surface area contributed by atoms with Crippen molar-refractivity contribution in [1.82, 2.24) is 0 Å². The van der Waals surface area contributed by atoms with Crippen LogP contribution < -0.4 is 5.32 Å². The maximum atomic E-state index is 12.9. The molecule has 0 amide bonds. The smallest absolute Gasteiger partial charge is 0.125 e. The van der Waals surface area contributed by atoms with E-state index in [2.05, 4.69) is 27.9 Å². The largest absolute Gasteiger partial charge is 0.467 e. The summed E-state index contributed by atoms with van der Waals surface area (Å²) in [6.45, 7) is 2.61. The van der Waals surface area contributed by atoms with E-state index < -0.39 is 0 Å². The summed E-state index contributed by atoms with van der Waals surface area (Å²) in [5, 5.41) is 3.22. The van der Waals surface area contributed by atoms with Crippen molar-refractivity contribution in [2.75, 3.05) is 5.32 Å². The lowest BCUT2D eigenvalue weighted by molar-refractivity contribution is 0.515. The SMILES string of the molecule is Cc1ccoc1CNc1ccc(F)cc1I. The number of rotatable bonds is 3. The van der Waals surface area contributed by atoms with Gasteiger partial charge in [-0.3, -0.25) is 0 Å². The molecule has 84 valence electrons. The zero-order valence-electron chi connectivity index (χ0n) is 8.76. The van der Waals surface area contributed by atoms with Crippen LogP contribution >= 0.6 is 22.6 Å². The Morgan fingerprint density at radius 3 is 2.81 bits per heavy atom. The molecule has 2 aromatic rings. The van der Waals surface area contributed by atoms with E-state index in [1.165, 1.54) is 12.1 Å². The van der Waals surface area contributed by atoms with E-state index in [0.29, 0.717) is 6.54 Å². The Hall–Kier alpha value is -1.04. The first-order chi connectivity index (χ1) is 7.66. The molecular formula is C12H11FINO. The van der Waals surface area contributed by atoms with Crippen LogP contribution in [-0.4, -0.2) is 0 Å². The van der Waals surface area contributed by atoms with E-state index in [4.69, 9.17) is 4.42 Å². The first-order valence-corrected chi connectivity index (χ1v) is 5.96. The number of furan rings is 1. The van der Waals surface area contributed by atoms with Crippen LogP contribution in [0.3, 0.4) is 0 Å². The van der Waals surface area contributed by atoms with Crippen molar-refractivity contribution >= 4 is 28.3 Å². The van der Waals surface area contributed by atoms with Gasteiger partial charge in [-0.2, -0.15) is 0 Å². The van der Waals surface area contributed by atoms with Crippen LogP contribution in [0.5, 0.6) is 0 Å². The van der Waals surface area contributed by atoms with Gasteiger partial charge in [0.15, 0.2) is 0 Å². The summed E-state index contributed by atoms with van der Waals surface area (Å²) in [4.78, 5) is 0. The third-order valence-corrected chi connectivity index (χ3v) is 3.23. The second kappa shape index (κ2) is 4.86. The van der Waals surface area contributed by atoms with Crippen molar-refractivity contribution in [3.8, 4) is 0 Å². The summed E-state index contributed by atoms with van der Waals surface area (Å²) in [6.07, 6.45) is 1.67. The topological polar surface area (TPSA) is 25.2 Å². The molecule has 0 bridgehead atoms. The molecule has 1 aromatic carbocycles. The standard InChI is InChI=1S/C12H11FINO/c1-8-4-5-16-12(8)7-15-11-3-2-9(13)6-10(11)14/h2-6,15H,7H2,1H3. The highest BCUT2D eigenvalue weighted by molar-refractivity contribution is 14.1. The number of anilines is 1. The second-order valence-electron chi connectivity index (χ2n) is 3.50. The number of hydrogen-bond donors (Lipinski definition) is 1. The lowest BCUT2D eigenvalue weighted by atomic mass is 10.2. The Kier molecular flexibility index (Phi) is 3.48. The molecule has 1 N–H and O–H groups in total. The van der Waals surface area contributed by atoms with Crippen LogP contribution in [0.2, 0.25) is 0 Å².